The number of rotatable bonds is 49. The van der Waals surface area contributed by atoms with Gasteiger partial charge in [0, 0.05) is 6.42 Å². The number of esters is 1. The quantitative estimate of drug-likeness (QED) is 0.0149. The van der Waals surface area contributed by atoms with Crippen LogP contribution >= 0.6 is 0 Å². The third-order valence-corrected chi connectivity index (χ3v) is 13.7. The molecule has 0 aromatic heterocycles. The van der Waals surface area contributed by atoms with E-state index in [4.69, 9.17) is 14.2 Å². The lowest BCUT2D eigenvalue weighted by atomic mass is 9.99. The van der Waals surface area contributed by atoms with Gasteiger partial charge in [-0.25, -0.2) is 0 Å². The van der Waals surface area contributed by atoms with Gasteiger partial charge in [0.1, 0.15) is 24.4 Å². The van der Waals surface area contributed by atoms with Crippen LogP contribution in [0.25, 0.3) is 0 Å². The van der Waals surface area contributed by atoms with Crippen molar-refractivity contribution in [1.29, 1.82) is 0 Å². The van der Waals surface area contributed by atoms with Crippen LogP contribution in [-0.2, 0) is 23.8 Å². The molecule has 1 heterocycles. The molecule has 0 bridgehead atoms. The number of hydrogen-bond acceptors (Lipinski definition) is 10. The minimum Gasteiger partial charge on any atom is -0.454 e. The lowest BCUT2D eigenvalue weighted by Crippen LogP contribution is -2.61. The fourth-order valence-electron chi connectivity index (χ4n) is 8.91. The summed E-state index contributed by atoms with van der Waals surface area (Å²) < 4.78 is 17.6. The van der Waals surface area contributed by atoms with Gasteiger partial charge >= 0.3 is 5.97 Å². The number of carbonyl (C=O) groups excluding carboxylic acids is 2. The molecule has 1 aliphatic heterocycles. The van der Waals surface area contributed by atoms with Crippen LogP contribution in [0.4, 0.5) is 0 Å². The maximum Gasteiger partial charge on any atom is 0.306 e. The van der Waals surface area contributed by atoms with Gasteiger partial charge in [-0.1, -0.05) is 223 Å². The molecule has 1 saturated heterocycles. The fourth-order valence-corrected chi connectivity index (χ4v) is 8.91. The summed E-state index contributed by atoms with van der Waals surface area (Å²) in [4.78, 5) is 26.5. The molecule has 8 atom stereocenters. The standard InChI is InChI=1S/C61H109NO10/c1-4-7-10-13-16-19-22-25-27-28-29-31-34-37-40-43-46-49-56(66)72-59-58(68)57(67)55(50-63)71-61(59)70-51-52(53(64)47-44-41-38-35-32-24-21-18-15-12-9-6-3)62-60(69)54(65)48-45-42-39-36-33-30-26-23-20-17-14-11-8-5-2/h16-17,19-20,23,25-27,44,47,52-55,57-59,61,63-65,67-68H,4-15,18,21-22,24,28-43,45-46,48-51H2,1-3H3,(H,62,69)/b19-16-,20-17+,26-23+,27-25-,47-44+. The van der Waals surface area contributed by atoms with Crippen LogP contribution in [-0.4, -0.2) is 99.6 Å². The van der Waals surface area contributed by atoms with Crippen molar-refractivity contribution in [3.05, 3.63) is 60.8 Å². The van der Waals surface area contributed by atoms with Gasteiger partial charge in [0.2, 0.25) is 5.91 Å². The van der Waals surface area contributed by atoms with Gasteiger partial charge in [-0.3, -0.25) is 9.59 Å². The number of aliphatic hydroxyl groups excluding tert-OH is 5. The second-order valence-corrected chi connectivity index (χ2v) is 20.4. The highest BCUT2D eigenvalue weighted by Crippen LogP contribution is 2.26. The highest BCUT2D eigenvalue weighted by atomic mass is 16.7. The lowest BCUT2D eigenvalue weighted by Gasteiger charge is -2.41. The van der Waals surface area contributed by atoms with E-state index in [0.717, 1.165) is 96.3 Å². The summed E-state index contributed by atoms with van der Waals surface area (Å²) in [6.45, 7) is 5.71. The first-order valence-corrected chi connectivity index (χ1v) is 29.6. The van der Waals surface area contributed by atoms with Crippen LogP contribution in [0.3, 0.4) is 0 Å². The number of unbranched alkanes of at least 4 members (excludes halogenated alkanes) is 28. The average Bonchev–Trinajstić information content (AvgIpc) is 3.38. The number of amides is 1. The molecule has 0 saturated carbocycles. The van der Waals surface area contributed by atoms with E-state index in [1.807, 2.05) is 6.08 Å². The number of allylic oxidation sites excluding steroid dienone is 9. The molecule has 1 fully saturated rings. The zero-order chi connectivity index (χ0) is 52.5. The molecular weight excluding hydrogens is 907 g/mol. The van der Waals surface area contributed by atoms with E-state index >= 15 is 0 Å². The Morgan fingerprint density at radius 3 is 1.53 bits per heavy atom. The van der Waals surface area contributed by atoms with Crippen molar-refractivity contribution in [3.8, 4) is 0 Å². The molecule has 11 heteroatoms. The van der Waals surface area contributed by atoms with Crippen LogP contribution in [0.15, 0.2) is 60.8 Å². The Balaban J connectivity index is 2.73. The van der Waals surface area contributed by atoms with Crippen LogP contribution in [0.5, 0.6) is 0 Å². The predicted octanol–water partition coefficient (Wildman–Crippen LogP) is 13.4. The van der Waals surface area contributed by atoms with Crippen molar-refractivity contribution < 1.29 is 49.3 Å². The summed E-state index contributed by atoms with van der Waals surface area (Å²) >= 11 is 0. The van der Waals surface area contributed by atoms with Gasteiger partial charge in [-0.2, -0.15) is 0 Å². The SMILES string of the molecule is CCCCC/C=C\C/C=C\CCCCCCCCCC(=O)OC1C(OCC(NC(=O)C(O)CCCCCCC/C=C/C=C/CCCCC)C(O)/C=C/CCCCCCCCCCCC)OC(CO)C(O)C1O. The molecule has 1 rings (SSSR count). The summed E-state index contributed by atoms with van der Waals surface area (Å²) in [5, 5.41) is 56.8. The summed E-state index contributed by atoms with van der Waals surface area (Å²) in [5.41, 5.74) is 0. The zero-order valence-electron chi connectivity index (χ0n) is 46.0. The van der Waals surface area contributed by atoms with Gasteiger partial charge in [0.15, 0.2) is 12.4 Å². The Hall–Kier alpha value is -2.64. The smallest absolute Gasteiger partial charge is 0.306 e. The van der Waals surface area contributed by atoms with Crippen molar-refractivity contribution in [1.82, 2.24) is 5.32 Å². The summed E-state index contributed by atoms with van der Waals surface area (Å²) in [6, 6.07) is -1.03. The molecule has 1 aliphatic rings. The molecule has 0 radical (unpaired) electrons. The van der Waals surface area contributed by atoms with Crippen molar-refractivity contribution in [2.24, 2.45) is 0 Å². The first-order chi connectivity index (χ1) is 35.2. The van der Waals surface area contributed by atoms with Crippen molar-refractivity contribution in [3.63, 3.8) is 0 Å². The maximum absolute atomic E-state index is 13.4. The molecule has 0 aromatic rings. The second kappa shape index (κ2) is 49.2. The Kier molecular flexibility index (Phi) is 46.1. The third-order valence-electron chi connectivity index (χ3n) is 13.7. The molecule has 1 amide bonds. The Morgan fingerprint density at radius 1 is 0.556 bits per heavy atom. The van der Waals surface area contributed by atoms with Crippen LogP contribution in [0, 0.1) is 0 Å². The van der Waals surface area contributed by atoms with Crippen molar-refractivity contribution in [2.45, 2.75) is 301 Å². The van der Waals surface area contributed by atoms with Crippen LogP contribution in [0.1, 0.15) is 252 Å². The fraction of sp³-hybridized carbons (Fsp3) is 0.803. The maximum atomic E-state index is 13.4. The second-order valence-electron chi connectivity index (χ2n) is 20.4. The molecule has 8 unspecified atom stereocenters. The van der Waals surface area contributed by atoms with E-state index in [-0.39, 0.29) is 19.4 Å². The van der Waals surface area contributed by atoms with E-state index in [2.05, 4.69) is 74.7 Å². The molecule has 6 N–H and O–H groups in total. The number of carbonyl (C=O) groups is 2. The van der Waals surface area contributed by atoms with Crippen molar-refractivity contribution >= 4 is 11.9 Å². The minimum absolute atomic E-state index is 0.112. The largest absolute Gasteiger partial charge is 0.454 e. The van der Waals surface area contributed by atoms with E-state index < -0.39 is 67.4 Å². The summed E-state index contributed by atoms with van der Waals surface area (Å²) in [7, 11) is 0. The Morgan fingerprint density at radius 2 is 1.00 bits per heavy atom. The number of hydrogen-bond donors (Lipinski definition) is 6. The van der Waals surface area contributed by atoms with Gasteiger partial charge in [0.05, 0.1) is 25.4 Å². The van der Waals surface area contributed by atoms with Gasteiger partial charge in [-0.15, -0.1) is 0 Å². The molecule has 0 spiro atoms. The van der Waals surface area contributed by atoms with Gasteiger partial charge in [0.25, 0.3) is 0 Å². The first kappa shape index (κ1) is 67.4. The average molecular weight is 1020 g/mol. The monoisotopic (exact) mass is 1020 g/mol. The molecule has 0 aromatic carbocycles. The van der Waals surface area contributed by atoms with Gasteiger partial charge < -0.3 is 45.1 Å². The van der Waals surface area contributed by atoms with Crippen LogP contribution in [0.2, 0.25) is 0 Å². The van der Waals surface area contributed by atoms with E-state index in [0.29, 0.717) is 12.8 Å². The molecule has 418 valence electrons. The molecule has 11 nitrogen and oxygen atoms in total. The zero-order valence-corrected chi connectivity index (χ0v) is 46.0. The minimum atomic E-state index is -1.62. The molecular formula is C61H109NO10. The number of nitrogens with one attached hydrogen (secondary N) is 1. The van der Waals surface area contributed by atoms with E-state index in [1.165, 1.54) is 109 Å². The number of ether oxygens (including phenoxy) is 3. The Labute approximate surface area is 439 Å². The summed E-state index contributed by atoms with van der Waals surface area (Å²) in [6.07, 6.45) is 49.7. The normalized spacial score (nSPS) is 19.9. The van der Waals surface area contributed by atoms with Crippen LogP contribution < -0.4 is 5.32 Å². The highest BCUT2D eigenvalue weighted by molar-refractivity contribution is 5.80. The highest BCUT2D eigenvalue weighted by Gasteiger charge is 2.47. The summed E-state index contributed by atoms with van der Waals surface area (Å²) in [5.74, 6) is -1.21. The lowest BCUT2D eigenvalue weighted by molar-refractivity contribution is -0.305. The van der Waals surface area contributed by atoms with Gasteiger partial charge in [-0.05, 0) is 83.5 Å². The molecule has 0 aliphatic carbocycles. The van der Waals surface area contributed by atoms with Crippen molar-refractivity contribution in [2.75, 3.05) is 13.2 Å². The predicted molar refractivity (Wildman–Crippen MR) is 296 cm³/mol. The Bertz CT molecular complexity index is 1400. The third kappa shape index (κ3) is 37.1. The van der Waals surface area contributed by atoms with E-state index in [9.17, 15) is 35.1 Å². The van der Waals surface area contributed by atoms with E-state index in [1.54, 1.807) is 6.08 Å². The molecule has 72 heavy (non-hydrogen) atoms. The first-order valence-electron chi connectivity index (χ1n) is 29.6. The topological polar surface area (TPSA) is 175 Å². The number of aliphatic hydroxyl groups is 5.